The van der Waals surface area contributed by atoms with E-state index in [1.165, 1.54) is 17.4 Å². The number of aromatic nitrogens is 1. The van der Waals surface area contributed by atoms with Crippen molar-refractivity contribution in [3.63, 3.8) is 0 Å². The van der Waals surface area contributed by atoms with E-state index in [-0.39, 0.29) is 5.82 Å². The highest BCUT2D eigenvalue weighted by Gasteiger charge is 2.12. The molecule has 18 heavy (non-hydrogen) atoms. The van der Waals surface area contributed by atoms with Gasteiger partial charge in [0.1, 0.15) is 5.82 Å². The molecule has 5 heteroatoms. The minimum atomic E-state index is -0.196. The van der Waals surface area contributed by atoms with Crippen molar-refractivity contribution in [3.05, 3.63) is 44.6 Å². The first kappa shape index (κ1) is 13.5. The largest absolute Gasteiger partial charge is 0.375 e. The molecule has 2 aromatic rings. The summed E-state index contributed by atoms with van der Waals surface area (Å²) in [6.07, 6.45) is 2.46. The molecule has 2 N–H and O–H groups in total. The van der Waals surface area contributed by atoms with E-state index in [0.29, 0.717) is 17.1 Å². The summed E-state index contributed by atoms with van der Waals surface area (Å²) < 4.78 is 14.5. The zero-order valence-electron chi connectivity index (χ0n) is 10.0. The van der Waals surface area contributed by atoms with Crippen molar-refractivity contribution < 1.29 is 4.39 Å². The Balaban J connectivity index is 2.27. The Hall–Kier alpha value is -0.940. The molecule has 0 aliphatic heterocycles. The molecule has 0 radical (unpaired) electrons. The third kappa shape index (κ3) is 3.09. The van der Waals surface area contributed by atoms with Crippen molar-refractivity contribution in [1.29, 1.82) is 0 Å². The number of halogens is 2. The molecule has 0 unspecified atom stereocenters. The van der Waals surface area contributed by atoms with Crippen LogP contribution in [0.3, 0.4) is 0 Å². The van der Waals surface area contributed by atoms with Crippen molar-refractivity contribution in [3.8, 4) is 0 Å². The molecule has 0 aliphatic rings. The number of nitrogens with two attached hydrogens (primary N) is 1. The number of rotatable bonds is 4. The van der Waals surface area contributed by atoms with Crippen LogP contribution >= 0.6 is 27.3 Å². The quantitative estimate of drug-likeness (QED) is 0.914. The Bertz CT molecular complexity index is 554. The number of hydrogen-bond donors (Lipinski definition) is 1. The predicted octanol–water partition coefficient (Wildman–Crippen LogP) is 4.17. The summed E-state index contributed by atoms with van der Waals surface area (Å²) in [7, 11) is 0. The molecule has 1 aromatic heterocycles. The number of nitrogen functional groups attached to an aromatic ring is 1. The monoisotopic (exact) mass is 328 g/mol. The minimum Gasteiger partial charge on any atom is -0.375 e. The van der Waals surface area contributed by atoms with Gasteiger partial charge in [-0.3, -0.25) is 0 Å². The fourth-order valence-corrected chi connectivity index (χ4v) is 3.05. The van der Waals surface area contributed by atoms with Gasteiger partial charge in [-0.1, -0.05) is 35.3 Å². The highest BCUT2D eigenvalue weighted by molar-refractivity contribution is 9.10. The van der Waals surface area contributed by atoms with Gasteiger partial charge in [0.2, 0.25) is 0 Å². The molecule has 1 heterocycles. The van der Waals surface area contributed by atoms with Crippen LogP contribution in [0.1, 0.15) is 29.5 Å². The second-order valence-corrected chi connectivity index (χ2v) is 6.12. The number of aryl methyl sites for hydroxylation is 1. The standard InChI is InChI=1S/C13H14BrFN2S/c1-2-3-11-12(18-13(16)17-11)6-8-4-5-9(14)7-10(8)15/h4-5,7H,2-3,6H2,1H3,(H2,16,17). The van der Waals surface area contributed by atoms with Crippen molar-refractivity contribution in [2.75, 3.05) is 5.73 Å². The van der Waals surface area contributed by atoms with Crippen molar-refractivity contribution in [2.24, 2.45) is 0 Å². The van der Waals surface area contributed by atoms with E-state index in [0.717, 1.165) is 27.9 Å². The zero-order valence-corrected chi connectivity index (χ0v) is 12.4. The molecule has 0 fully saturated rings. The molecule has 0 amide bonds. The summed E-state index contributed by atoms with van der Waals surface area (Å²) in [5.41, 5.74) is 7.41. The van der Waals surface area contributed by atoms with Crippen LogP contribution in [0.15, 0.2) is 22.7 Å². The Kier molecular flexibility index (Phi) is 4.35. The highest BCUT2D eigenvalue weighted by Crippen LogP contribution is 2.26. The predicted molar refractivity (Wildman–Crippen MR) is 77.4 cm³/mol. The lowest BCUT2D eigenvalue weighted by molar-refractivity contribution is 0.613. The highest BCUT2D eigenvalue weighted by atomic mass is 79.9. The van der Waals surface area contributed by atoms with Crippen molar-refractivity contribution in [1.82, 2.24) is 4.98 Å². The maximum atomic E-state index is 13.8. The molecular formula is C13H14BrFN2S. The first-order chi connectivity index (χ1) is 8.60. The summed E-state index contributed by atoms with van der Waals surface area (Å²) in [6, 6.07) is 5.13. The number of benzene rings is 1. The molecule has 0 atom stereocenters. The van der Waals surface area contributed by atoms with Crippen LogP contribution in [0.25, 0.3) is 0 Å². The topological polar surface area (TPSA) is 38.9 Å². The lowest BCUT2D eigenvalue weighted by atomic mass is 10.1. The van der Waals surface area contributed by atoms with Gasteiger partial charge in [-0.2, -0.15) is 0 Å². The lowest BCUT2D eigenvalue weighted by Gasteiger charge is -2.03. The van der Waals surface area contributed by atoms with Gasteiger partial charge in [0.25, 0.3) is 0 Å². The van der Waals surface area contributed by atoms with Gasteiger partial charge in [-0.05, 0) is 24.1 Å². The lowest BCUT2D eigenvalue weighted by Crippen LogP contribution is -1.95. The van der Waals surface area contributed by atoms with Crippen LogP contribution in [0.4, 0.5) is 9.52 Å². The van der Waals surface area contributed by atoms with Gasteiger partial charge < -0.3 is 5.73 Å². The summed E-state index contributed by atoms with van der Waals surface area (Å²) in [6.45, 7) is 2.10. The number of anilines is 1. The molecular weight excluding hydrogens is 315 g/mol. The summed E-state index contributed by atoms with van der Waals surface area (Å²) in [5.74, 6) is -0.196. The maximum absolute atomic E-state index is 13.8. The molecule has 2 nitrogen and oxygen atoms in total. The summed E-state index contributed by atoms with van der Waals surface area (Å²) in [5, 5.41) is 0.561. The Morgan fingerprint density at radius 3 is 2.89 bits per heavy atom. The van der Waals surface area contributed by atoms with Gasteiger partial charge in [0, 0.05) is 15.8 Å². The summed E-state index contributed by atoms with van der Waals surface area (Å²) in [4.78, 5) is 5.37. The minimum absolute atomic E-state index is 0.196. The van der Waals surface area contributed by atoms with Crippen LogP contribution in [-0.2, 0) is 12.8 Å². The van der Waals surface area contributed by atoms with Crippen LogP contribution in [-0.4, -0.2) is 4.98 Å². The molecule has 96 valence electrons. The normalized spacial score (nSPS) is 10.8. The van der Waals surface area contributed by atoms with Crippen LogP contribution in [0.2, 0.25) is 0 Å². The van der Waals surface area contributed by atoms with Gasteiger partial charge in [-0.25, -0.2) is 9.37 Å². The van der Waals surface area contributed by atoms with E-state index in [2.05, 4.69) is 27.8 Å². The first-order valence-electron chi connectivity index (χ1n) is 5.78. The second kappa shape index (κ2) is 5.80. The Labute approximate surface area is 118 Å². The fourth-order valence-electron chi connectivity index (χ4n) is 1.81. The smallest absolute Gasteiger partial charge is 0.180 e. The van der Waals surface area contributed by atoms with E-state index >= 15 is 0 Å². The Morgan fingerprint density at radius 1 is 1.44 bits per heavy atom. The third-order valence-corrected chi connectivity index (χ3v) is 4.07. The summed E-state index contributed by atoms with van der Waals surface area (Å²) >= 11 is 4.71. The molecule has 2 rings (SSSR count). The molecule has 0 saturated heterocycles. The number of hydrogen-bond acceptors (Lipinski definition) is 3. The second-order valence-electron chi connectivity index (χ2n) is 4.08. The van der Waals surface area contributed by atoms with E-state index in [4.69, 9.17) is 5.73 Å². The number of nitrogens with zero attached hydrogens (tertiary/aromatic N) is 1. The average molecular weight is 329 g/mol. The molecule has 1 aromatic carbocycles. The average Bonchev–Trinajstić information content (AvgIpc) is 2.64. The number of thiazole rings is 1. The Morgan fingerprint density at radius 2 is 2.22 bits per heavy atom. The van der Waals surface area contributed by atoms with Crippen molar-refractivity contribution >= 4 is 32.4 Å². The van der Waals surface area contributed by atoms with Crippen LogP contribution < -0.4 is 5.73 Å². The van der Waals surface area contributed by atoms with Gasteiger partial charge in [0.05, 0.1) is 5.69 Å². The molecule has 0 bridgehead atoms. The van der Waals surface area contributed by atoms with E-state index < -0.39 is 0 Å². The van der Waals surface area contributed by atoms with E-state index in [9.17, 15) is 4.39 Å². The van der Waals surface area contributed by atoms with E-state index in [1.54, 1.807) is 6.07 Å². The maximum Gasteiger partial charge on any atom is 0.180 e. The first-order valence-corrected chi connectivity index (χ1v) is 7.39. The van der Waals surface area contributed by atoms with E-state index in [1.807, 2.05) is 6.07 Å². The van der Waals surface area contributed by atoms with Crippen LogP contribution in [0.5, 0.6) is 0 Å². The van der Waals surface area contributed by atoms with Crippen molar-refractivity contribution in [2.45, 2.75) is 26.2 Å². The van der Waals surface area contributed by atoms with Gasteiger partial charge >= 0.3 is 0 Å². The molecule has 0 aliphatic carbocycles. The molecule has 0 saturated carbocycles. The third-order valence-electron chi connectivity index (χ3n) is 2.65. The van der Waals surface area contributed by atoms with Gasteiger partial charge in [-0.15, -0.1) is 11.3 Å². The zero-order chi connectivity index (χ0) is 13.1. The fraction of sp³-hybridized carbons (Fsp3) is 0.308. The van der Waals surface area contributed by atoms with Crippen LogP contribution in [0, 0.1) is 5.82 Å². The molecule has 0 spiro atoms. The SMILES string of the molecule is CCCc1nc(N)sc1Cc1ccc(Br)cc1F. The van der Waals surface area contributed by atoms with Gasteiger partial charge in [0.15, 0.2) is 5.13 Å².